The van der Waals surface area contributed by atoms with Gasteiger partial charge >= 0.3 is 0 Å². The summed E-state index contributed by atoms with van der Waals surface area (Å²) in [5.74, 6) is 0.792. The molecular weight excluding hydrogens is 241 g/mol. The zero-order chi connectivity index (χ0) is 11.5. The van der Waals surface area contributed by atoms with Crippen LogP contribution in [0.25, 0.3) is 0 Å². The van der Waals surface area contributed by atoms with E-state index in [4.69, 9.17) is 28.9 Å². The Balaban J connectivity index is 1.80. The summed E-state index contributed by atoms with van der Waals surface area (Å²) in [5, 5.41) is 1.47. The summed E-state index contributed by atoms with van der Waals surface area (Å²) in [4.78, 5) is 0. The molecule has 0 radical (unpaired) electrons. The number of hydrogen-bond donors (Lipinski definition) is 1. The van der Waals surface area contributed by atoms with Crippen LogP contribution in [-0.4, -0.2) is 6.04 Å². The molecule has 1 aliphatic carbocycles. The molecule has 0 bridgehead atoms. The molecule has 88 valence electrons. The van der Waals surface area contributed by atoms with Crippen LogP contribution in [0.15, 0.2) is 18.2 Å². The van der Waals surface area contributed by atoms with Crippen molar-refractivity contribution in [1.82, 2.24) is 0 Å². The average molecular weight is 258 g/mol. The highest BCUT2D eigenvalue weighted by Crippen LogP contribution is 2.33. The van der Waals surface area contributed by atoms with E-state index in [0.717, 1.165) is 30.2 Å². The van der Waals surface area contributed by atoms with E-state index in [0.29, 0.717) is 11.1 Å². The Morgan fingerprint density at radius 1 is 1.31 bits per heavy atom. The molecule has 0 saturated heterocycles. The van der Waals surface area contributed by atoms with Gasteiger partial charge in [-0.25, -0.2) is 0 Å². The van der Waals surface area contributed by atoms with E-state index in [2.05, 4.69) is 0 Å². The van der Waals surface area contributed by atoms with Crippen molar-refractivity contribution in [1.29, 1.82) is 0 Å². The van der Waals surface area contributed by atoms with E-state index in [1.807, 2.05) is 12.1 Å². The van der Waals surface area contributed by atoms with Crippen molar-refractivity contribution in [2.24, 2.45) is 11.7 Å². The van der Waals surface area contributed by atoms with Gasteiger partial charge in [0.05, 0.1) is 0 Å². The van der Waals surface area contributed by atoms with E-state index < -0.39 is 0 Å². The van der Waals surface area contributed by atoms with Crippen molar-refractivity contribution in [2.45, 2.75) is 38.1 Å². The standard InChI is InChI=1S/C13H17Cl2N/c14-11-7-6-9(12(15)8-11)2-1-3-13(16)10-4-5-10/h6-8,10,13H,1-5,16H2. The molecule has 1 fully saturated rings. The lowest BCUT2D eigenvalue weighted by atomic mass is 10.0. The maximum Gasteiger partial charge on any atom is 0.0452 e. The Morgan fingerprint density at radius 2 is 2.06 bits per heavy atom. The van der Waals surface area contributed by atoms with Gasteiger partial charge in [0.25, 0.3) is 0 Å². The lowest BCUT2D eigenvalue weighted by Gasteiger charge is -2.10. The number of rotatable bonds is 5. The summed E-state index contributed by atoms with van der Waals surface area (Å²) >= 11 is 12.0. The summed E-state index contributed by atoms with van der Waals surface area (Å²) in [7, 11) is 0. The van der Waals surface area contributed by atoms with Crippen LogP contribution in [0.2, 0.25) is 10.0 Å². The monoisotopic (exact) mass is 257 g/mol. The highest BCUT2D eigenvalue weighted by molar-refractivity contribution is 6.35. The van der Waals surface area contributed by atoms with E-state index in [1.165, 1.54) is 18.4 Å². The zero-order valence-electron chi connectivity index (χ0n) is 9.26. The Bertz CT molecular complexity index is 361. The number of benzene rings is 1. The molecule has 0 aromatic heterocycles. The van der Waals surface area contributed by atoms with Gasteiger partial charge < -0.3 is 5.73 Å². The molecule has 0 heterocycles. The summed E-state index contributed by atoms with van der Waals surface area (Å²) < 4.78 is 0. The van der Waals surface area contributed by atoms with E-state index in [1.54, 1.807) is 6.07 Å². The first-order valence-corrected chi connectivity index (χ1v) is 6.62. The van der Waals surface area contributed by atoms with Crippen LogP contribution in [-0.2, 0) is 6.42 Å². The first-order chi connectivity index (χ1) is 7.66. The van der Waals surface area contributed by atoms with E-state index in [-0.39, 0.29) is 0 Å². The molecule has 2 rings (SSSR count). The highest BCUT2D eigenvalue weighted by atomic mass is 35.5. The van der Waals surface area contributed by atoms with E-state index in [9.17, 15) is 0 Å². The molecule has 1 unspecified atom stereocenters. The van der Waals surface area contributed by atoms with Gasteiger partial charge in [0.2, 0.25) is 0 Å². The van der Waals surface area contributed by atoms with Gasteiger partial charge in [-0.05, 0) is 55.7 Å². The van der Waals surface area contributed by atoms with Gasteiger partial charge in [-0.1, -0.05) is 29.3 Å². The minimum atomic E-state index is 0.395. The van der Waals surface area contributed by atoms with Gasteiger partial charge in [-0.3, -0.25) is 0 Å². The summed E-state index contributed by atoms with van der Waals surface area (Å²) in [6.45, 7) is 0. The Hall–Kier alpha value is -0.240. The molecule has 1 aliphatic rings. The summed E-state index contributed by atoms with van der Waals surface area (Å²) in [5.41, 5.74) is 7.23. The molecule has 3 heteroatoms. The normalized spacial score (nSPS) is 17.4. The maximum absolute atomic E-state index is 6.10. The topological polar surface area (TPSA) is 26.0 Å². The third-order valence-corrected chi connectivity index (χ3v) is 3.81. The molecule has 0 spiro atoms. The molecule has 1 saturated carbocycles. The third-order valence-electron chi connectivity index (χ3n) is 3.23. The number of halogens is 2. The Morgan fingerprint density at radius 3 is 2.69 bits per heavy atom. The van der Waals surface area contributed by atoms with Crippen molar-refractivity contribution in [2.75, 3.05) is 0 Å². The van der Waals surface area contributed by atoms with E-state index >= 15 is 0 Å². The fraction of sp³-hybridized carbons (Fsp3) is 0.538. The van der Waals surface area contributed by atoms with Crippen LogP contribution in [0.5, 0.6) is 0 Å². The van der Waals surface area contributed by atoms with Crippen LogP contribution in [0.4, 0.5) is 0 Å². The molecule has 1 nitrogen and oxygen atoms in total. The molecular formula is C13H17Cl2N. The SMILES string of the molecule is NC(CCCc1ccc(Cl)cc1Cl)C1CC1. The second kappa shape index (κ2) is 5.39. The van der Waals surface area contributed by atoms with Crippen molar-refractivity contribution in [3.05, 3.63) is 33.8 Å². The largest absolute Gasteiger partial charge is 0.327 e. The highest BCUT2D eigenvalue weighted by Gasteiger charge is 2.27. The predicted molar refractivity (Wildman–Crippen MR) is 70.1 cm³/mol. The fourth-order valence-corrected chi connectivity index (χ4v) is 2.52. The number of hydrogen-bond acceptors (Lipinski definition) is 1. The Labute approximate surface area is 107 Å². The number of nitrogens with two attached hydrogens (primary N) is 1. The van der Waals surface area contributed by atoms with Gasteiger partial charge in [0.1, 0.15) is 0 Å². The first-order valence-electron chi connectivity index (χ1n) is 5.86. The molecule has 0 aliphatic heterocycles. The fourth-order valence-electron chi connectivity index (χ4n) is 2.01. The summed E-state index contributed by atoms with van der Waals surface area (Å²) in [6, 6.07) is 6.10. The maximum atomic E-state index is 6.10. The quantitative estimate of drug-likeness (QED) is 0.847. The van der Waals surface area contributed by atoms with Gasteiger partial charge in [-0.2, -0.15) is 0 Å². The van der Waals surface area contributed by atoms with Crippen LogP contribution in [0.3, 0.4) is 0 Å². The smallest absolute Gasteiger partial charge is 0.0452 e. The second-order valence-electron chi connectivity index (χ2n) is 4.63. The minimum absolute atomic E-state index is 0.395. The number of aryl methyl sites for hydroxylation is 1. The lowest BCUT2D eigenvalue weighted by molar-refractivity contribution is 0.528. The van der Waals surface area contributed by atoms with Crippen molar-refractivity contribution in [3.8, 4) is 0 Å². The van der Waals surface area contributed by atoms with Gasteiger partial charge in [0.15, 0.2) is 0 Å². The van der Waals surface area contributed by atoms with Gasteiger partial charge in [0, 0.05) is 16.1 Å². The molecule has 1 atom stereocenters. The average Bonchev–Trinajstić information content (AvgIpc) is 3.04. The molecule has 16 heavy (non-hydrogen) atoms. The van der Waals surface area contributed by atoms with Gasteiger partial charge in [-0.15, -0.1) is 0 Å². The lowest BCUT2D eigenvalue weighted by Crippen LogP contribution is -2.22. The molecule has 1 aromatic rings. The van der Waals surface area contributed by atoms with Crippen LogP contribution < -0.4 is 5.73 Å². The van der Waals surface area contributed by atoms with Crippen molar-refractivity contribution in [3.63, 3.8) is 0 Å². The first kappa shape index (κ1) is 12.2. The second-order valence-corrected chi connectivity index (χ2v) is 5.47. The zero-order valence-corrected chi connectivity index (χ0v) is 10.8. The minimum Gasteiger partial charge on any atom is -0.327 e. The van der Waals surface area contributed by atoms with Crippen LogP contribution in [0, 0.1) is 5.92 Å². The molecule has 1 aromatic carbocycles. The Kier molecular flexibility index (Phi) is 4.12. The third kappa shape index (κ3) is 3.38. The predicted octanol–water partition coefficient (Wildman–Crippen LogP) is 4.05. The van der Waals surface area contributed by atoms with Crippen LogP contribution >= 0.6 is 23.2 Å². The molecule has 0 amide bonds. The van der Waals surface area contributed by atoms with Crippen LogP contribution in [0.1, 0.15) is 31.2 Å². The molecule has 2 N–H and O–H groups in total. The van der Waals surface area contributed by atoms with Crippen molar-refractivity contribution < 1.29 is 0 Å². The van der Waals surface area contributed by atoms with Crippen molar-refractivity contribution >= 4 is 23.2 Å². The summed E-state index contributed by atoms with van der Waals surface area (Å²) in [6.07, 6.45) is 5.85.